The van der Waals surface area contributed by atoms with Crippen LogP contribution in [0.3, 0.4) is 0 Å². The largest absolute Gasteiger partial charge is 0.481 e. The fourth-order valence-electron chi connectivity index (χ4n) is 2.42. The van der Waals surface area contributed by atoms with Gasteiger partial charge in [-0.25, -0.2) is 4.79 Å². The number of carboxylic acids is 1. The second-order valence-electron chi connectivity index (χ2n) is 6.67. The summed E-state index contributed by atoms with van der Waals surface area (Å²) < 4.78 is 65.2. The van der Waals surface area contributed by atoms with Crippen LogP contribution in [0.2, 0.25) is 0 Å². The van der Waals surface area contributed by atoms with Gasteiger partial charge in [-0.05, 0) is 51.3 Å². The van der Waals surface area contributed by atoms with E-state index in [1.807, 2.05) is 0 Å². The maximum Gasteiger partial charge on any atom is 0.416 e. The summed E-state index contributed by atoms with van der Waals surface area (Å²) in [7, 11) is -1.45. The van der Waals surface area contributed by atoms with Gasteiger partial charge < -0.3 is 28.2 Å². The predicted molar refractivity (Wildman–Crippen MR) is 114 cm³/mol. The van der Waals surface area contributed by atoms with Gasteiger partial charge in [0.1, 0.15) is 11.3 Å². The Balaban J connectivity index is 2.68. The minimum absolute atomic E-state index is 0.0452. The molecule has 192 valence electrons. The maximum atomic E-state index is 13.1. The molecule has 0 saturated heterocycles. The first-order valence-electron chi connectivity index (χ1n) is 10.6. The minimum atomic E-state index is -4.73. The third kappa shape index (κ3) is 11.7. The molecule has 0 spiro atoms. The molecule has 0 fully saturated rings. The van der Waals surface area contributed by atoms with E-state index in [0.717, 1.165) is 6.07 Å². The first kappa shape index (κ1) is 29.8. The SMILES string of the molecule is CCOP(OCC)OCCCCOC(=O)c1ccc(C(F)(F)F)cc1OC(=O)CCCC(=O)O. The average molecular weight is 512 g/mol. The van der Waals surface area contributed by atoms with E-state index in [-0.39, 0.29) is 31.4 Å². The summed E-state index contributed by atoms with van der Waals surface area (Å²) in [5.74, 6) is -3.67. The Labute approximate surface area is 196 Å². The third-order valence-corrected chi connectivity index (χ3v) is 5.29. The molecule has 0 aliphatic rings. The predicted octanol–water partition coefficient (Wildman–Crippen LogP) is 5.12. The quantitative estimate of drug-likeness (QED) is 0.139. The van der Waals surface area contributed by atoms with E-state index in [0.29, 0.717) is 44.8 Å². The Kier molecular flexibility index (Phi) is 13.7. The van der Waals surface area contributed by atoms with Crippen LogP contribution in [0.1, 0.15) is 61.9 Å². The Morgan fingerprint density at radius 2 is 1.59 bits per heavy atom. The van der Waals surface area contributed by atoms with Crippen molar-refractivity contribution >= 4 is 26.5 Å². The molecule has 0 bridgehead atoms. The van der Waals surface area contributed by atoms with E-state index >= 15 is 0 Å². The molecule has 0 aliphatic carbocycles. The molecule has 0 radical (unpaired) electrons. The van der Waals surface area contributed by atoms with Crippen LogP contribution in [0.25, 0.3) is 0 Å². The minimum Gasteiger partial charge on any atom is -0.481 e. The molecule has 0 unspecified atom stereocenters. The zero-order valence-corrected chi connectivity index (χ0v) is 19.8. The fraction of sp³-hybridized carbons (Fsp3) is 0.571. The number of hydrogen-bond acceptors (Lipinski definition) is 8. The lowest BCUT2D eigenvalue weighted by Gasteiger charge is -2.15. The van der Waals surface area contributed by atoms with Gasteiger partial charge >= 0.3 is 32.7 Å². The molecule has 1 aromatic carbocycles. The van der Waals surface area contributed by atoms with Gasteiger partial charge in [-0.2, -0.15) is 13.2 Å². The van der Waals surface area contributed by atoms with Crippen LogP contribution in [-0.4, -0.2) is 49.4 Å². The van der Waals surface area contributed by atoms with Crippen LogP contribution in [0, 0.1) is 0 Å². The van der Waals surface area contributed by atoms with Gasteiger partial charge in [-0.1, -0.05) is 0 Å². The zero-order valence-electron chi connectivity index (χ0n) is 18.9. The number of esters is 2. The summed E-state index contributed by atoms with van der Waals surface area (Å²) in [6, 6.07) is 2.07. The molecule has 34 heavy (non-hydrogen) atoms. The highest BCUT2D eigenvalue weighted by Gasteiger charge is 2.32. The van der Waals surface area contributed by atoms with Crippen molar-refractivity contribution in [1.29, 1.82) is 0 Å². The number of ether oxygens (including phenoxy) is 2. The van der Waals surface area contributed by atoms with Gasteiger partial charge in [0.15, 0.2) is 0 Å². The second-order valence-corrected chi connectivity index (χ2v) is 7.89. The van der Waals surface area contributed by atoms with Crippen molar-refractivity contribution in [2.75, 3.05) is 26.4 Å². The van der Waals surface area contributed by atoms with Crippen molar-refractivity contribution in [2.45, 2.75) is 52.1 Å². The molecular formula is C21H28F3O9P. The maximum absolute atomic E-state index is 13.1. The van der Waals surface area contributed by atoms with Crippen LogP contribution < -0.4 is 4.74 Å². The summed E-state index contributed by atoms with van der Waals surface area (Å²) in [6.07, 6.45) is -4.54. The molecule has 9 nitrogen and oxygen atoms in total. The van der Waals surface area contributed by atoms with E-state index < -0.39 is 44.0 Å². The highest BCUT2D eigenvalue weighted by molar-refractivity contribution is 7.41. The van der Waals surface area contributed by atoms with Gasteiger partial charge in [0.2, 0.25) is 0 Å². The summed E-state index contributed by atoms with van der Waals surface area (Å²) in [5, 5.41) is 8.61. The van der Waals surface area contributed by atoms with Crippen molar-refractivity contribution in [3.05, 3.63) is 29.3 Å². The van der Waals surface area contributed by atoms with Gasteiger partial charge in [-0.3, -0.25) is 9.59 Å². The number of carbonyl (C=O) groups is 3. The lowest BCUT2D eigenvalue weighted by molar-refractivity contribution is -0.140. The summed E-state index contributed by atoms with van der Waals surface area (Å²) in [4.78, 5) is 34.8. The van der Waals surface area contributed by atoms with Gasteiger partial charge in [-0.15, -0.1) is 0 Å². The Morgan fingerprint density at radius 3 is 2.18 bits per heavy atom. The number of hydrogen-bond donors (Lipinski definition) is 1. The van der Waals surface area contributed by atoms with Crippen molar-refractivity contribution in [1.82, 2.24) is 0 Å². The van der Waals surface area contributed by atoms with Crippen molar-refractivity contribution in [3.8, 4) is 5.75 Å². The first-order chi connectivity index (χ1) is 16.1. The van der Waals surface area contributed by atoms with Gasteiger partial charge in [0.05, 0.1) is 32.0 Å². The Hall–Kier alpha value is -2.27. The number of carbonyl (C=O) groups excluding carboxylic acids is 2. The first-order valence-corrected chi connectivity index (χ1v) is 11.7. The highest BCUT2D eigenvalue weighted by Crippen LogP contribution is 2.39. The van der Waals surface area contributed by atoms with Crippen LogP contribution in [-0.2, 0) is 34.1 Å². The summed E-state index contributed by atoms with van der Waals surface area (Å²) in [5.41, 5.74) is -1.47. The standard InChI is InChI=1S/C21H28F3O9P/c1-3-30-34(31-4-2)32-13-6-5-12-29-20(28)16-11-10-15(21(22,23)24)14-17(16)33-19(27)9-7-8-18(25)26/h10-11,14H,3-9,12-13H2,1-2H3,(H,25,26). The molecule has 0 saturated carbocycles. The topological polar surface area (TPSA) is 118 Å². The smallest absolute Gasteiger partial charge is 0.416 e. The number of aliphatic carboxylic acids is 1. The van der Waals surface area contributed by atoms with Crippen LogP contribution in [0.5, 0.6) is 5.75 Å². The molecule has 0 aromatic heterocycles. The second kappa shape index (κ2) is 15.6. The molecule has 13 heteroatoms. The van der Waals surface area contributed by atoms with E-state index in [9.17, 15) is 27.6 Å². The average Bonchev–Trinajstić information content (AvgIpc) is 2.75. The fourth-order valence-corrected chi connectivity index (χ4v) is 3.34. The van der Waals surface area contributed by atoms with Crippen LogP contribution in [0.4, 0.5) is 13.2 Å². The molecule has 0 amide bonds. The molecule has 1 N–H and O–H groups in total. The normalized spacial score (nSPS) is 11.5. The summed E-state index contributed by atoms with van der Waals surface area (Å²) in [6.45, 7) is 4.73. The molecule has 0 atom stereocenters. The number of benzene rings is 1. The van der Waals surface area contributed by atoms with Crippen molar-refractivity contribution in [3.63, 3.8) is 0 Å². The van der Waals surface area contributed by atoms with Gasteiger partial charge in [0.25, 0.3) is 0 Å². The van der Waals surface area contributed by atoms with E-state index in [1.54, 1.807) is 13.8 Å². The van der Waals surface area contributed by atoms with Crippen LogP contribution >= 0.6 is 8.60 Å². The Bertz CT molecular complexity index is 796. The monoisotopic (exact) mass is 512 g/mol. The number of carboxylic acid groups (broad SMARTS) is 1. The Morgan fingerprint density at radius 1 is 0.941 bits per heavy atom. The lowest BCUT2D eigenvalue weighted by Crippen LogP contribution is -2.15. The molecule has 0 aliphatic heterocycles. The number of rotatable bonds is 16. The van der Waals surface area contributed by atoms with E-state index in [4.69, 9.17) is 28.2 Å². The van der Waals surface area contributed by atoms with E-state index in [1.165, 1.54) is 0 Å². The van der Waals surface area contributed by atoms with Crippen LogP contribution in [0.15, 0.2) is 18.2 Å². The summed E-state index contributed by atoms with van der Waals surface area (Å²) >= 11 is 0. The number of alkyl halides is 3. The van der Waals surface area contributed by atoms with E-state index in [2.05, 4.69) is 0 Å². The zero-order chi connectivity index (χ0) is 25.6. The van der Waals surface area contributed by atoms with Gasteiger partial charge in [0, 0.05) is 12.8 Å². The molecular weight excluding hydrogens is 484 g/mol. The van der Waals surface area contributed by atoms with Crippen molar-refractivity contribution < 1.29 is 55.7 Å². The lowest BCUT2D eigenvalue weighted by atomic mass is 10.1. The highest BCUT2D eigenvalue weighted by atomic mass is 31.2. The number of unbranched alkanes of at least 4 members (excludes halogenated alkanes) is 1. The van der Waals surface area contributed by atoms with Crippen molar-refractivity contribution in [2.24, 2.45) is 0 Å². The molecule has 0 heterocycles. The number of halogens is 3. The molecule has 1 aromatic rings. The third-order valence-electron chi connectivity index (χ3n) is 3.96. The molecule has 1 rings (SSSR count).